The van der Waals surface area contributed by atoms with E-state index in [0.717, 1.165) is 31.6 Å². The number of fused-ring (bicyclic) bond motifs is 2. The number of benzene rings is 1. The van der Waals surface area contributed by atoms with Gasteiger partial charge in [-0.2, -0.15) is 0 Å². The van der Waals surface area contributed by atoms with Crippen molar-refractivity contribution in [1.29, 1.82) is 0 Å². The Morgan fingerprint density at radius 3 is 2.76 bits per heavy atom. The number of nitrogens with one attached hydrogen (secondary N) is 1. The van der Waals surface area contributed by atoms with Crippen LogP contribution >= 0.6 is 0 Å². The summed E-state index contributed by atoms with van der Waals surface area (Å²) < 4.78 is 2.08. The van der Waals surface area contributed by atoms with Crippen LogP contribution < -0.4 is 5.32 Å². The molecule has 0 unspecified atom stereocenters. The number of hydrogen-bond donors (Lipinski definition) is 2. The van der Waals surface area contributed by atoms with Gasteiger partial charge in [-0.3, -0.25) is 0 Å². The molecule has 1 fully saturated rings. The van der Waals surface area contributed by atoms with Gasteiger partial charge in [0.15, 0.2) is 0 Å². The van der Waals surface area contributed by atoms with Crippen LogP contribution in [-0.4, -0.2) is 33.9 Å². The standard InChI is InChI=1S/C17H21N3O/c1-12-10-20(11-19-12)15-13-4-2-3-5-14(13)17(16(15)21)6-8-18-9-7-17/h2-5,10-11,15-16,18,21H,6-9H2,1H3/t15-,16+/m1/s1. The lowest BCUT2D eigenvalue weighted by atomic mass is 9.72. The summed E-state index contributed by atoms with van der Waals surface area (Å²) in [4.78, 5) is 4.34. The first kappa shape index (κ1) is 13.0. The maximum atomic E-state index is 11.2. The van der Waals surface area contributed by atoms with E-state index in [1.54, 1.807) is 0 Å². The zero-order chi connectivity index (χ0) is 14.4. The van der Waals surface area contributed by atoms with E-state index >= 15 is 0 Å². The Labute approximate surface area is 124 Å². The quantitative estimate of drug-likeness (QED) is 0.839. The molecule has 1 aromatic heterocycles. The van der Waals surface area contributed by atoms with E-state index in [1.165, 1.54) is 11.1 Å². The molecule has 1 saturated heterocycles. The second-order valence-corrected chi connectivity index (χ2v) is 6.35. The van der Waals surface area contributed by atoms with Crippen LogP contribution in [0.15, 0.2) is 36.8 Å². The minimum Gasteiger partial charge on any atom is -0.390 e. The van der Waals surface area contributed by atoms with Gasteiger partial charge in [0.1, 0.15) is 0 Å². The van der Waals surface area contributed by atoms with Crippen molar-refractivity contribution in [1.82, 2.24) is 14.9 Å². The number of aryl methyl sites for hydroxylation is 1. The minimum absolute atomic E-state index is 0.0134. The SMILES string of the molecule is Cc1cn([C@@H]2c3ccccc3C3(CCNCC3)[C@H]2O)cn1. The molecular formula is C17H21N3O. The Balaban J connectivity index is 1.86. The molecule has 1 aliphatic carbocycles. The van der Waals surface area contributed by atoms with Crippen molar-refractivity contribution in [2.75, 3.05) is 13.1 Å². The highest BCUT2D eigenvalue weighted by Gasteiger charge is 2.52. The second-order valence-electron chi connectivity index (χ2n) is 6.35. The fourth-order valence-corrected chi connectivity index (χ4v) is 4.19. The van der Waals surface area contributed by atoms with Crippen molar-refractivity contribution in [3.05, 3.63) is 53.6 Å². The highest BCUT2D eigenvalue weighted by molar-refractivity contribution is 5.46. The van der Waals surface area contributed by atoms with Crippen LogP contribution in [0.3, 0.4) is 0 Å². The lowest BCUT2D eigenvalue weighted by Gasteiger charge is -2.39. The summed E-state index contributed by atoms with van der Waals surface area (Å²) in [6, 6.07) is 8.52. The van der Waals surface area contributed by atoms with Gasteiger partial charge in [0.2, 0.25) is 0 Å². The van der Waals surface area contributed by atoms with Crippen molar-refractivity contribution in [2.24, 2.45) is 0 Å². The topological polar surface area (TPSA) is 50.1 Å². The van der Waals surface area contributed by atoms with Crippen LogP contribution in [0.25, 0.3) is 0 Å². The van der Waals surface area contributed by atoms with E-state index in [1.807, 2.05) is 19.4 Å². The third-order valence-electron chi connectivity index (χ3n) is 5.23. The molecular weight excluding hydrogens is 262 g/mol. The first-order chi connectivity index (χ1) is 10.2. The van der Waals surface area contributed by atoms with Crippen molar-refractivity contribution < 1.29 is 5.11 Å². The lowest BCUT2D eigenvalue weighted by molar-refractivity contribution is 0.0457. The van der Waals surface area contributed by atoms with Crippen molar-refractivity contribution in [3.8, 4) is 0 Å². The molecule has 0 radical (unpaired) electrons. The number of rotatable bonds is 1. The van der Waals surface area contributed by atoms with Gasteiger partial charge in [-0.25, -0.2) is 4.98 Å². The summed E-state index contributed by atoms with van der Waals surface area (Å²) in [6.07, 6.45) is 5.49. The minimum atomic E-state index is -0.384. The van der Waals surface area contributed by atoms with E-state index in [4.69, 9.17) is 0 Å². The van der Waals surface area contributed by atoms with Gasteiger partial charge in [-0.15, -0.1) is 0 Å². The average Bonchev–Trinajstić information content (AvgIpc) is 3.03. The molecule has 4 nitrogen and oxygen atoms in total. The van der Waals surface area contributed by atoms with E-state index < -0.39 is 0 Å². The summed E-state index contributed by atoms with van der Waals surface area (Å²) in [5.41, 5.74) is 3.47. The Bertz CT molecular complexity index is 658. The molecule has 2 aromatic rings. The van der Waals surface area contributed by atoms with E-state index in [9.17, 15) is 5.11 Å². The molecule has 4 heteroatoms. The highest BCUT2D eigenvalue weighted by Crippen LogP contribution is 2.51. The Hall–Kier alpha value is -1.65. The molecule has 1 aromatic carbocycles. The van der Waals surface area contributed by atoms with Crippen molar-refractivity contribution >= 4 is 0 Å². The predicted octanol–water partition coefficient (Wildman–Crippen LogP) is 1.78. The number of aliphatic hydroxyl groups excluding tert-OH is 1. The fourth-order valence-electron chi connectivity index (χ4n) is 4.19. The van der Waals surface area contributed by atoms with Crippen LogP contribution in [0.2, 0.25) is 0 Å². The van der Waals surface area contributed by atoms with Crippen LogP contribution in [-0.2, 0) is 5.41 Å². The van der Waals surface area contributed by atoms with Gasteiger partial charge in [-0.1, -0.05) is 24.3 Å². The largest absolute Gasteiger partial charge is 0.390 e. The monoisotopic (exact) mass is 283 g/mol. The maximum absolute atomic E-state index is 11.2. The summed E-state index contributed by atoms with van der Waals surface area (Å²) in [6.45, 7) is 3.94. The third kappa shape index (κ3) is 1.79. The molecule has 4 rings (SSSR count). The zero-order valence-corrected chi connectivity index (χ0v) is 12.3. The van der Waals surface area contributed by atoms with Gasteiger partial charge < -0.3 is 15.0 Å². The fraction of sp³-hybridized carbons (Fsp3) is 0.471. The lowest BCUT2D eigenvalue weighted by Crippen LogP contribution is -2.46. The first-order valence-electron chi connectivity index (χ1n) is 7.71. The zero-order valence-electron chi connectivity index (χ0n) is 12.3. The van der Waals surface area contributed by atoms with Gasteiger partial charge in [0.25, 0.3) is 0 Å². The van der Waals surface area contributed by atoms with Crippen LogP contribution in [0, 0.1) is 6.92 Å². The van der Waals surface area contributed by atoms with Crippen LogP contribution in [0.4, 0.5) is 0 Å². The van der Waals surface area contributed by atoms with Crippen LogP contribution in [0.1, 0.15) is 35.7 Å². The predicted molar refractivity (Wildman–Crippen MR) is 81.3 cm³/mol. The summed E-state index contributed by atoms with van der Waals surface area (Å²) in [5.74, 6) is 0. The molecule has 2 N–H and O–H groups in total. The third-order valence-corrected chi connectivity index (χ3v) is 5.23. The maximum Gasteiger partial charge on any atom is 0.0955 e. The molecule has 1 aliphatic heterocycles. The molecule has 0 bridgehead atoms. The highest BCUT2D eigenvalue weighted by atomic mass is 16.3. The van der Waals surface area contributed by atoms with Crippen LogP contribution in [0.5, 0.6) is 0 Å². The molecule has 0 saturated carbocycles. The Morgan fingerprint density at radius 2 is 2.05 bits per heavy atom. The Morgan fingerprint density at radius 1 is 1.29 bits per heavy atom. The molecule has 1 spiro atoms. The number of nitrogens with zero attached hydrogens (tertiary/aromatic N) is 2. The number of imidazole rings is 1. The first-order valence-corrected chi connectivity index (χ1v) is 7.71. The van der Waals surface area contributed by atoms with E-state index in [-0.39, 0.29) is 17.6 Å². The Kier molecular flexibility index (Phi) is 2.91. The molecule has 0 amide bonds. The smallest absolute Gasteiger partial charge is 0.0955 e. The molecule has 110 valence electrons. The van der Waals surface area contributed by atoms with Gasteiger partial charge in [-0.05, 0) is 44.0 Å². The molecule has 2 atom stereocenters. The number of piperidine rings is 1. The number of aromatic nitrogens is 2. The normalized spacial score (nSPS) is 27.0. The van der Waals surface area contributed by atoms with Gasteiger partial charge >= 0.3 is 0 Å². The molecule has 21 heavy (non-hydrogen) atoms. The summed E-state index contributed by atoms with van der Waals surface area (Å²) in [5, 5.41) is 14.6. The van der Waals surface area contributed by atoms with Crippen molar-refractivity contribution in [2.45, 2.75) is 37.3 Å². The van der Waals surface area contributed by atoms with E-state index in [0.29, 0.717) is 0 Å². The average molecular weight is 283 g/mol. The van der Waals surface area contributed by atoms with E-state index in [2.05, 4.69) is 39.1 Å². The van der Waals surface area contributed by atoms with Gasteiger partial charge in [0, 0.05) is 11.6 Å². The molecule has 2 aliphatic rings. The van der Waals surface area contributed by atoms with Gasteiger partial charge in [0.05, 0.1) is 24.2 Å². The number of aliphatic hydroxyl groups is 1. The summed E-state index contributed by atoms with van der Waals surface area (Å²) in [7, 11) is 0. The number of hydrogen-bond acceptors (Lipinski definition) is 3. The molecule has 2 heterocycles. The summed E-state index contributed by atoms with van der Waals surface area (Å²) >= 11 is 0. The second kappa shape index (κ2) is 4.68. The van der Waals surface area contributed by atoms with Crippen molar-refractivity contribution in [3.63, 3.8) is 0 Å².